The van der Waals surface area contributed by atoms with Crippen LogP contribution in [-0.4, -0.2) is 38.9 Å². The lowest BCUT2D eigenvalue weighted by Crippen LogP contribution is -2.48. The minimum atomic E-state index is -3.99. The smallest absolute Gasteiger partial charge is 0.290 e. The summed E-state index contributed by atoms with van der Waals surface area (Å²) < 4.78 is 27.7. The standard InChI is InChI=1S/C15H16ClN3O4S/c16-11-4-2-1-3-10(11)12-9-18-7-8-19(12)15(20)13-5-6-14(23-13)24(17,21)22/h1-6,12,18H,7-9H2,(H2,17,21,22). The molecule has 0 bridgehead atoms. The molecule has 0 saturated carbocycles. The second-order valence-electron chi connectivity index (χ2n) is 5.40. The largest absolute Gasteiger partial charge is 0.438 e. The van der Waals surface area contributed by atoms with Crippen molar-refractivity contribution < 1.29 is 17.6 Å². The summed E-state index contributed by atoms with van der Waals surface area (Å²) in [6.07, 6.45) is 0. The van der Waals surface area contributed by atoms with Crippen LogP contribution >= 0.6 is 11.6 Å². The van der Waals surface area contributed by atoms with Gasteiger partial charge in [-0.15, -0.1) is 0 Å². The number of hydrogen-bond donors (Lipinski definition) is 2. The fourth-order valence-electron chi connectivity index (χ4n) is 2.70. The van der Waals surface area contributed by atoms with Crippen molar-refractivity contribution in [3.05, 3.63) is 52.7 Å². The van der Waals surface area contributed by atoms with Gasteiger partial charge in [0.1, 0.15) is 0 Å². The summed E-state index contributed by atoms with van der Waals surface area (Å²) in [7, 11) is -3.99. The summed E-state index contributed by atoms with van der Waals surface area (Å²) in [5, 5.41) is 8.37. The Hall–Kier alpha value is -1.87. The van der Waals surface area contributed by atoms with Gasteiger partial charge in [0.05, 0.1) is 6.04 Å². The Labute approximate surface area is 144 Å². The molecule has 0 spiro atoms. The number of sulfonamides is 1. The molecule has 2 heterocycles. The van der Waals surface area contributed by atoms with Crippen molar-refractivity contribution in [3.63, 3.8) is 0 Å². The van der Waals surface area contributed by atoms with E-state index in [1.807, 2.05) is 18.2 Å². The first-order valence-electron chi connectivity index (χ1n) is 7.26. The summed E-state index contributed by atoms with van der Waals surface area (Å²) in [6.45, 7) is 1.60. The molecule has 1 aliphatic rings. The van der Waals surface area contributed by atoms with E-state index in [0.29, 0.717) is 24.7 Å². The monoisotopic (exact) mass is 369 g/mol. The second-order valence-corrected chi connectivity index (χ2v) is 7.30. The molecule has 9 heteroatoms. The van der Waals surface area contributed by atoms with Gasteiger partial charge in [-0.1, -0.05) is 29.8 Å². The molecule has 1 unspecified atom stereocenters. The van der Waals surface area contributed by atoms with Crippen LogP contribution in [0.2, 0.25) is 5.02 Å². The highest BCUT2D eigenvalue weighted by molar-refractivity contribution is 7.89. The molecule has 1 amide bonds. The maximum absolute atomic E-state index is 12.8. The third kappa shape index (κ3) is 3.32. The SMILES string of the molecule is NS(=O)(=O)c1ccc(C(=O)N2CCNCC2c2ccccc2Cl)o1. The van der Waals surface area contributed by atoms with Crippen molar-refractivity contribution in [2.24, 2.45) is 5.14 Å². The number of nitrogens with zero attached hydrogens (tertiary/aromatic N) is 1. The Morgan fingerprint density at radius 1 is 1.29 bits per heavy atom. The predicted molar refractivity (Wildman–Crippen MR) is 88.2 cm³/mol. The Kier molecular flexibility index (Phi) is 4.64. The summed E-state index contributed by atoms with van der Waals surface area (Å²) in [5.41, 5.74) is 0.818. The van der Waals surface area contributed by atoms with Crippen LogP contribution in [0.15, 0.2) is 45.9 Å². The van der Waals surface area contributed by atoms with Crippen LogP contribution in [0.4, 0.5) is 0 Å². The first kappa shape index (κ1) is 17.0. The molecule has 24 heavy (non-hydrogen) atoms. The van der Waals surface area contributed by atoms with Crippen LogP contribution in [0.5, 0.6) is 0 Å². The second kappa shape index (κ2) is 6.56. The third-order valence-corrected chi connectivity index (χ3v) is 4.97. The van der Waals surface area contributed by atoms with Crippen molar-refractivity contribution in [2.45, 2.75) is 11.1 Å². The molecular weight excluding hydrogens is 354 g/mol. The van der Waals surface area contributed by atoms with E-state index in [2.05, 4.69) is 5.32 Å². The van der Waals surface area contributed by atoms with E-state index in [1.54, 1.807) is 11.0 Å². The number of carbonyl (C=O) groups excluding carboxylic acids is 1. The quantitative estimate of drug-likeness (QED) is 0.849. The Morgan fingerprint density at radius 2 is 2.04 bits per heavy atom. The predicted octanol–water partition coefficient (Wildman–Crippen LogP) is 1.37. The van der Waals surface area contributed by atoms with E-state index in [0.717, 1.165) is 5.56 Å². The van der Waals surface area contributed by atoms with E-state index in [4.69, 9.17) is 21.2 Å². The van der Waals surface area contributed by atoms with Crippen molar-refractivity contribution in [3.8, 4) is 0 Å². The van der Waals surface area contributed by atoms with Crippen LogP contribution < -0.4 is 10.5 Å². The zero-order valence-corrected chi connectivity index (χ0v) is 14.2. The molecular formula is C15H16ClN3O4S. The first-order chi connectivity index (χ1) is 11.4. The number of rotatable bonds is 3. The molecule has 3 N–H and O–H groups in total. The molecule has 1 atom stereocenters. The van der Waals surface area contributed by atoms with Gasteiger partial charge < -0.3 is 14.6 Å². The topological polar surface area (TPSA) is 106 Å². The number of carbonyl (C=O) groups is 1. The fourth-order valence-corrected chi connectivity index (χ4v) is 3.43. The zero-order valence-electron chi connectivity index (χ0n) is 12.6. The molecule has 2 aromatic rings. The zero-order chi connectivity index (χ0) is 17.3. The van der Waals surface area contributed by atoms with Crippen molar-refractivity contribution >= 4 is 27.5 Å². The molecule has 3 rings (SSSR count). The summed E-state index contributed by atoms with van der Waals surface area (Å²) in [5.74, 6) is -0.478. The number of benzene rings is 1. The lowest BCUT2D eigenvalue weighted by Gasteiger charge is -2.36. The van der Waals surface area contributed by atoms with Gasteiger partial charge >= 0.3 is 0 Å². The van der Waals surface area contributed by atoms with Gasteiger partial charge in [0.15, 0.2) is 5.76 Å². The minimum Gasteiger partial charge on any atom is -0.438 e. The van der Waals surface area contributed by atoms with Gasteiger partial charge in [0, 0.05) is 24.7 Å². The van der Waals surface area contributed by atoms with E-state index < -0.39 is 21.0 Å². The van der Waals surface area contributed by atoms with Crippen LogP contribution in [0.3, 0.4) is 0 Å². The van der Waals surface area contributed by atoms with Gasteiger partial charge in [0.25, 0.3) is 15.9 Å². The minimum absolute atomic E-state index is 0.0713. The third-order valence-electron chi connectivity index (χ3n) is 3.84. The molecule has 1 aliphatic heterocycles. The molecule has 0 radical (unpaired) electrons. The maximum atomic E-state index is 12.8. The molecule has 128 valence electrons. The average molecular weight is 370 g/mol. The Bertz CT molecular complexity index is 865. The number of piperazine rings is 1. The Morgan fingerprint density at radius 3 is 2.71 bits per heavy atom. The van der Waals surface area contributed by atoms with Crippen LogP contribution in [0.1, 0.15) is 22.2 Å². The maximum Gasteiger partial charge on any atom is 0.290 e. The van der Waals surface area contributed by atoms with Crippen LogP contribution in [-0.2, 0) is 10.0 Å². The molecule has 0 aliphatic carbocycles. The Balaban J connectivity index is 1.92. The molecule has 1 saturated heterocycles. The number of hydrogen-bond acceptors (Lipinski definition) is 5. The number of primary sulfonamides is 1. The summed E-state index contributed by atoms with van der Waals surface area (Å²) >= 11 is 6.25. The van der Waals surface area contributed by atoms with Gasteiger partial charge in [-0.2, -0.15) is 0 Å². The number of halogens is 1. The van der Waals surface area contributed by atoms with E-state index in [9.17, 15) is 13.2 Å². The highest BCUT2D eigenvalue weighted by Gasteiger charge is 2.31. The number of amides is 1. The lowest BCUT2D eigenvalue weighted by molar-refractivity contribution is 0.0596. The van der Waals surface area contributed by atoms with E-state index in [1.165, 1.54) is 12.1 Å². The van der Waals surface area contributed by atoms with Crippen LogP contribution in [0.25, 0.3) is 0 Å². The van der Waals surface area contributed by atoms with Crippen molar-refractivity contribution in [1.82, 2.24) is 10.2 Å². The van der Waals surface area contributed by atoms with Crippen LogP contribution in [0, 0.1) is 0 Å². The van der Waals surface area contributed by atoms with Crippen molar-refractivity contribution in [2.75, 3.05) is 19.6 Å². The first-order valence-corrected chi connectivity index (χ1v) is 9.19. The number of furan rings is 1. The number of nitrogens with two attached hydrogens (primary N) is 1. The molecule has 1 aromatic heterocycles. The lowest BCUT2D eigenvalue weighted by atomic mass is 10.0. The summed E-state index contributed by atoms with van der Waals surface area (Å²) in [4.78, 5) is 14.4. The van der Waals surface area contributed by atoms with E-state index >= 15 is 0 Å². The van der Waals surface area contributed by atoms with Gasteiger partial charge in [-0.25, -0.2) is 13.6 Å². The van der Waals surface area contributed by atoms with E-state index in [-0.39, 0.29) is 11.8 Å². The van der Waals surface area contributed by atoms with Crippen molar-refractivity contribution in [1.29, 1.82) is 0 Å². The van der Waals surface area contributed by atoms with Gasteiger partial charge in [-0.3, -0.25) is 4.79 Å². The average Bonchev–Trinajstić information content (AvgIpc) is 3.05. The highest BCUT2D eigenvalue weighted by Crippen LogP contribution is 2.30. The van der Waals surface area contributed by atoms with Gasteiger partial charge in [-0.05, 0) is 23.8 Å². The summed E-state index contributed by atoms with van der Waals surface area (Å²) in [6, 6.07) is 9.51. The molecule has 7 nitrogen and oxygen atoms in total. The molecule has 1 aromatic carbocycles. The highest BCUT2D eigenvalue weighted by atomic mass is 35.5. The molecule has 1 fully saturated rings. The fraction of sp³-hybridized carbons (Fsp3) is 0.267. The number of nitrogens with one attached hydrogen (secondary N) is 1. The normalized spacial score (nSPS) is 18.6. The van der Waals surface area contributed by atoms with Gasteiger partial charge in [0.2, 0.25) is 5.09 Å².